The maximum atomic E-state index is 13.0. The van der Waals surface area contributed by atoms with Gasteiger partial charge >= 0.3 is 6.18 Å². The summed E-state index contributed by atoms with van der Waals surface area (Å²) in [6, 6.07) is 11.8. The van der Waals surface area contributed by atoms with Crippen LogP contribution in [0.4, 0.5) is 18.9 Å². The Morgan fingerprint density at radius 3 is 2.48 bits per heavy atom. The van der Waals surface area contributed by atoms with Gasteiger partial charge in [0.1, 0.15) is 0 Å². The third-order valence-corrected chi connectivity index (χ3v) is 4.42. The summed E-state index contributed by atoms with van der Waals surface area (Å²) in [5.41, 5.74) is 1.55. The van der Waals surface area contributed by atoms with Crippen LogP contribution in [0.1, 0.15) is 24.5 Å². The van der Waals surface area contributed by atoms with Crippen molar-refractivity contribution in [3.05, 3.63) is 70.3 Å². The number of carbonyl (C=O) groups excluding carboxylic acids is 1. The van der Waals surface area contributed by atoms with Gasteiger partial charge in [-0.25, -0.2) is 0 Å². The maximum absolute atomic E-state index is 13.0. The summed E-state index contributed by atoms with van der Waals surface area (Å²) < 4.78 is 38.9. The van der Waals surface area contributed by atoms with Crippen LogP contribution >= 0.6 is 11.6 Å². The predicted octanol–water partition coefficient (Wildman–Crippen LogP) is 5.57. The number of anilines is 1. The zero-order chi connectivity index (χ0) is 18.2. The molecule has 130 valence electrons. The van der Waals surface area contributed by atoms with Crippen LogP contribution in [0.25, 0.3) is 5.57 Å². The van der Waals surface area contributed by atoms with Gasteiger partial charge in [0.05, 0.1) is 5.56 Å². The fourth-order valence-electron chi connectivity index (χ4n) is 2.95. The summed E-state index contributed by atoms with van der Waals surface area (Å²) >= 11 is 6.01. The van der Waals surface area contributed by atoms with Gasteiger partial charge in [0.2, 0.25) is 0 Å². The number of hydrogen-bond acceptors (Lipinski definition) is 1. The molecule has 0 unspecified atom stereocenters. The molecule has 0 aromatic heterocycles. The molecule has 0 N–H and O–H groups in total. The van der Waals surface area contributed by atoms with Gasteiger partial charge in [-0.15, -0.1) is 0 Å². The Morgan fingerprint density at radius 2 is 1.84 bits per heavy atom. The van der Waals surface area contributed by atoms with Crippen molar-refractivity contribution < 1.29 is 18.0 Å². The molecule has 0 radical (unpaired) electrons. The first-order valence-corrected chi connectivity index (χ1v) is 8.16. The first-order valence-electron chi connectivity index (χ1n) is 7.78. The summed E-state index contributed by atoms with van der Waals surface area (Å²) in [7, 11) is 0. The molecule has 0 atom stereocenters. The summed E-state index contributed by atoms with van der Waals surface area (Å²) in [6.45, 7) is 2.20. The first kappa shape index (κ1) is 17.5. The molecule has 0 aliphatic carbocycles. The highest BCUT2D eigenvalue weighted by molar-refractivity contribution is 6.32. The quantitative estimate of drug-likeness (QED) is 0.696. The summed E-state index contributed by atoms with van der Waals surface area (Å²) in [5.74, 6) is -0.307. The Bertz CT molecular complexity index is 858. The average Bonchev–Trinajstić information content (AvgIpc) is 2.91. The lowest BCUT2D eigenvalue weighted by molar-refractivity contribution is -0.137. The van der Waals surface area contributed by atoms with Crippen molar-refractivity contribution >= 4 is 28.8 Å². The number of nitrogens with zero attached hydrogens (tertiary/aromatic N) is 1. The monoisotopic (exact) mass is 365 g/mol. The summed E-state index contributed by atoms with van der Waals surface area (Å²) in [6.07, 6.45) is -3.82. The molecular weight excluding hydrogens is 351 g/mol. The van der Waals surface area contributed by atoms with E-state index in [1.54, 1.807) is 24.3 Å². The summed E-state index contributed by atoms with van der Waals surface area (Å²) in [5, 5.41) is 0.505. The number of carbonyl (C=O) groups is 1. The van der Waals surface area contributed by atoms with Crippen molar-refractivity contribution in [3.63, 3.8) is 0 Å². The number of benzene rings is 2. The molecule has 0 bridgehead atoms. The van der Waals surface area contributed by atoms with E-state index in [9.17, 15) is 18.0 Å². The Hall–Kier alpha value is -2.27. The molecule has 25 heavy (non-hydrogen) atoms. The molecule has 1 aliphatic rings. The van der Waals surface area contributed by atoms with Crippen molar-refractivity contribution in [1.82, 2.24) is 0 Å². The van der Waals surface area contributed by atoms with Crippen molar-refractivity contribution in [2.75, 3.05) is 11.4 Å². The third kappa shape index (κ3) is 3.42. The standard InChI is InChI=1S/C19H15ClF3NO/c1-2-12-11-24(16-8-4-6-14(10-16)19(21,22)23)18(25)17(12)13-5-3-7-15(20)9-13/h3-10H,2,11H2,1H3. The highest BCUT2D eigenvalue weighted by Gasteiger charge is 2.34. The zero-order valence-electron chi connectivity index (χ0n) is 13.4. The predicted molar refractivity (Wildman–Crippen MR) is 92.5 cm³/mol. The van der Waals surface area contributed by atoms with E-state index < -0.39 is 11.7 Å². The van der Waals surface area contributed by atoms with E-state index in [2.05, 4.69) is 0 Å². The minimum absolute atomic E-state index is 0.239. The Labute approximate surface area is 148 Å². The molecular formula is C19H15ClF3NO. The number of alkyl halides is 3. The fourth-order valence-corrected chi connectivity index (χ4v) is 3.14. The number of halogens is 4. The van der Waals surface area contributed by atoms with Crippen molar-refractivity contribution in [3.8, 4) is 0 Å². The molecule has 0 saturated carbocycles. The van der Waals surface area contributed by atoms with Crippen LogP contribution in [0.15, 0.2) is 54.1 Å². The molecule has 1 heterocycles. The average molecular weight is 366 g/mol. The molecule has 3 rings (SSSR count). The molecule has 1 aliphatic heterocycles. The van der Waals surface area contributed by atoms with Gasteiger partial charge in [-0.1, -0.05) is 36.7 Å². The van der Waals surface area contributed by atoms with Gasteiger partial charge in [-0.2, -0.15) is 13.2 Å². The van der Waals surface area contributed by atoms with Gasteiger partial charge < -0.3 is 4.90 Å². The van der Waals surface area contributed by atoms with Gasteiger partial charge in [0, 0.05) is 22.8 Å². The van der Waals surface area contributed by atoms with E-state index in [1.165, 1.54) is 17.0 Å². The SMILES string of the molecule is CCC1=C(c2cccc(Cl)c2)C(=O)N(c2cccc(C(F)(F)F)c2)C1. The van der Waals surface area contributed by atoms with Gasteiger partial charge in [-0.05, 0) is 47.9 Å². The third-order valence-electron chi connectivity index (χ3n) is 4.19. The molecule has 2 nitrogen and oxygen atoms in total. The smallest absolute Gasteiger partial charge is 0.304 e. The van der Waals surface area contributed by atoms with Crippen LogP contribution in [-0.2, 0) is 11.0 Å². The van der Waals surface area contributed by atoms with Crippen molar-refractivity contribution in [2.45, 2.75) is 19.5 Å². The van der Waals surface area contributed by atoms with E-state index in [4.69, 9.17) is 11.6 Å². The highest BCUT2D eigenvalue weighted by Crippen LogP contribution is 2.36. The second-order valence-corrected chi connectivity index (χ2v) is 6.22. The molecule has 1 amide bonds. The van der Waals surface area contributed by atoms with E-state index in [0.717, 1.165) is 17.7 Å². The topological polar surface area (TPSA) is 20.3 Å². The summed E-state index contributed by atoms with van der Waals surface area (Å²) in [4.78, 5) is 14.3. The van der Waals surface area contributed by atoms with E-state index in [1.807, 2.05) is 6.92 Å². The van der Waals surface area contributed by atoms with Crippen LogP contribution < -0.4 is 4.90 Å². The molecule has 6 heteroatoms. The first-order chi connectivity index (χ1) is 11.8. The normalized spacial score (nSPS) is 15.2. The van der Waals surface area contributed by atoms with Crippen LogP contribution in [0.5, 0.6) is 0 Å². The van der Waals surface area contributed by atoms with Gasteiger partial charge in [-0.3, -0.25) is 4.79 Å². The molecule has 0 fully saturated rings. The van der Waals surface area contributed by atoms with Crippen LogP contribution in [0.3, 0.4) is 0 Å². The molecule has 2 aromatic rings. The van der Waals surface area contributed by atoms with E-state index in [0.29, 0.717) is 22.6 Å². The minimum Gasteiger partial charge on any atom is -0.304 e. The van der Waals surface area contributed by atoms with Gasteiger partial charge in [0.15, 0.2) is 0 Å². The fraction of sp³-hybridized carbons (Fsp3) is 0.211. The van der Waals surface area contributed by atoms with Gasteiger partial charge in [0.25, 0.3) is 5.91 Å². The number of rotatable bonds is 3. The Morgan fingerprint density at radius 1 is 1.12 bits per heavy atom. The molecule has 0 saturated heterocycles. The van der Waals surface area contributed by atoms with E-state index >= 15 is 0 Å². The Balaban J connectivity index is 1.99. The second kappa shape index (κ2) is 6.56. The molecule has 0 spiro atoms. The Kier molecular flexibility index (Phi) is 4.60. The zero-order valence-corrected chi connectivity index (χ0v) is 14.2. The maximum Gasteiger partial charge on any atom is 0.416 e. The van der Waals surface area contributed by atoms with Crippen LogP contribution in [0, 0.1) is 0 Å². The number of amides is 1. The lowest BCUT2D eigenvalue weighted by Gasteiger charge is -2.19. The lowest BCUT2D eigenvalue weighted by Crippen LogP contribution is -2.26. The van der Waals surface area contributed by atoms with Crippen LogP contribution in [0.2, 0.25) is 5.02 Å². The number of hydrogen-bond donors (Lipinski definition) is 0. The lowest BCUT2D eigenvalue weighted by atomic mass is 10.0. The second-order valence-electron chi connectivity index (χ2n) is 5.78. The largest absolute Gasteiger partial charge is 0.416 e. The highest BCUT2D eigenvalue weighted by atomic mass is 35.5. The van der Waals surface area contributed by atoms with Crippen molar-refractivity contribution in [1.29, 1.82) is 0 Å². The van der Waals surface area contributed by atoms with Crippen molar-refractivity contribution in [2.24, 2.45) is 0 Å². The minimum atomic E-state index is -4.45. The molecule has 2 aromatic carbocycles. The van der Waals surface area contributed by atoms with E-state index in [-0.39, 0.29) is 18.1 Å². The van der Waals surface area contributed by atoms with Crippen LogP contribution in [-0.4, -0.2) is 12.5 Å².